The summed E-state index contributed by atoms with van der Waals surface area (Å²) >= 11 is 3.08. The van der Waals surface area contributed by atoms with E-state index in [0.717, 1.165) is 0 Å². The molecule has 0 unspecified atom stereocenters. The van der Waals surface area contributed by atoms with E-state index in [1.54, 1.807) is 19.1 Å². The highest BCUT2D eigenvalue weighted by molar-refractivity contribution is 9.10. The van der Waals surface area contributed by atoms with E-state index in [1.807, 2.05) is 0 Å². The van der Waals surface area contributed by atoms with E-state index >= 15 is 0 Å². The van der Waals surface area contributed by atoms with E-state index in [4.69, 9.17) is 8.94 Å². The van der Waals surface area contributed by atoms with Crippen molar-refractivity contribution in [2.75, 3.05) is 11.9 Å². The van der Waals surface area contributed by atoms with Crippen LogP contribution in [-0.4, -0.2) is 23.5 Å². The van der Waals surface area contributed by atoms with Gasteiger partial charge in [0.25, 0.3) is 5.91 Å². The van der Waals surface area contributed by atoms with E-state index in [0.29, 0.717) is 16.2 Å². The molecule has 2 N–H and O–H groups in total. The molecule has 8 heteroatoms. The third kappa shape index (κ3) is 3.68. The number of nitrogens with one attached hydrogen (secondary N) is 2. The summed E-state index contributed by atoms with van der Waals surface area (Å²) in [6.45, 7) is 1.52. The lowest BCUT2D eigenvalue weighted by atomic mass is 10.4. The van der Waals surface area contributed by atoms with Crippen molar-refractivity contribution in [3.8, 4) is 0 Å². The number of carbonyl (C=O) groups is 2. The average Bonchev–Trinajstić information content (AvgIpc) is 2.95. The maximum absolute atomic E-state index is 11.6. The van der Waals surface area contributed by atoms with E-state index in [1.165, 1.54) is 6.07 Å². The van der Waals surface area contributed by atoms with E-state index in [-0.39, 0.29) is 12.3 Å². The molecule has 2 rings (SSSR count). The predicted molar refractivity (Wildman–Crippen MR) is 68.6 cm³/mol. The first-order valence-corrected chi connectivity index (χ1v) is 6.10. The molecule has 0 aliphatic rings. The number of hydrogen-bond acceptors (Lipinski definition) is 5. The van der Waals surface area contributed by atoms with Crippen LogP contribution in [0.4, 0.5) is 5.82 Å². The molecule has 0 aliphatic heterocycles. The fourth-order valence-corrected chi connectivity index (χ4v) is 1.60. The summed E-state index contributed by atoms with van der Waals surface area (Å²) in [6.07, 6.45) is 0. The van der Waals surface area contributed by atoms with Gasteiger partial charge < -0.3 is 19.6 Å². The smallest absolute Gasteiger partial charge is 0.287 e. The van der Waals surface area contributed by atoms with Crippen LogP contribution in [0.1, 0.15) is 16.3 Å². The maximum Gasteiger partial charge on any atom is 0.287 e. The Hall–Kier alpha value is -2.09. The Morgan fingerprint density at radius 2 is 2.21 bits per heavy atom. The zero-order chi connectivity index (χ0) is 13.8. The Morgan fingerprint density at radius 3 is 2.79 bits per heavy atom. The zero-order valence-electron chi connectivity index (χ0n) is 9.90. The van der Waals surface area contributed by atoms with Crippen molar-refractivity contribution >= 4 is 33.6 Å². The molecule has 0 fully saturated rings. The highest BCUT2D eigenvalue weighted by Gasteiger charge is 2.12. The molecule has 2 aromatic rings. The van der Waals surface area contributed by atoms with Gasteiger partial charge in [-0.05, 0) is 35.0 Å². The van der Waals surface area contributed by atoms with Gasteiger partial charge in [-0.2, -0.15) is 0 Å². The number of anilines is 1. The molecule has 0 spiro atoms. The molecule has 2 aromatic heterocycles. The van der Waals surface area contributed by atoms with Crippen LogP contribution < -0.4 is 10.6 Å². The first-order valence-electron chi connectivity index (χ1n) is 5.31. The summed E-state index contributed by atoms with van der Waals surface area (Å²) in [7, 11) is 0. The summed E-state index contributed by atoms with van der Waals surface area (Å²) in [6, 6.07) is 4.66. The molecule has 100 valence electrons. The van der Waals surface area contributed by atoms with Crippen molar-refractivity contribution in [1.29, 1.82) is 0 Å². The Labute approximate surface area is 116 Å². The summed E-state index contributed by atoms with van der Waals surface area (Å²) < 4.78 is 10.3. The van der Waals surface area contributed by atoms with Gasteiger partial charge in [0.2, 0.25) is 5.91 Å². The topological polar surface area (TPSA) is 97.4 Å². The van der Waals surface area contributed by atoms with Crippen LogP contribution in [0.15, 0.2) is 31.8 Å². The first-order chi connectivity index (χ1) is 9.04. The molecule has 0 saturated carbocycles. The van der Waals surface area contributed by atoms with Crippen LogP contribution in [0.5, 0.6) is 0 Å². The molecule has 0 bridgehead atoms. The summed E-state index contributed by atoms with van der Waals surface area (Å²) in [4.78, 5) is 23.1. The zero-order valence-corrected chi connectivity index (χ0v) is 11.5. The normalized spacial score (nSPS) is 10.2. The van der Waals surface area contributed by atoms with Crippen molar-refractivity contribution < 1.29 is 18.5 Å². The molecule has 0 radical (unpaired) electrons. The molecule has 0 aliphatic carbocycles. The van der Waals surface area contributed by atoms with Crippen molar-refractivity contribution in [1.82, 2.24) is 10.5 Å². The van der Waals surface area contributed by atoms with E-state index in [2.05, 4.69) is 31.7 Å². The Balaban J connectivity index is 1.82. The fraction of sp³-hybridized carbons (Fsp3) is 0.182. The minimum absolute atomic E-state index is 0.122. The van der Waals surface area contributed by atoms with Crippen molar-refractivity contribution in [2.45, 2.75) is 6.92 Å². The fourth-order valence-electron chi connectivity index (χ4n) is 1.30. The number of aryl methyl sites for hydroxylation is 1. The standard InChI is InChI=1S/C11H10BrN3O4/c1-6-4-9(15-19-6)14-10(16)5-13-11(17)7-2-3-8(12)18-7/h2-4H,5H2,1H3,(H,13,17)(H,14,15,16). The average molecular weight is 328 g/mol. The second kappa shape index (κ2) is 5.70. The van der Waals surface area contributed by atoms with Gasteiger partial charge in [-0.15, -0.1) is 0 Å². The van der Waals surface area contributed by atoms with Gasteiger partial charge in [-0.3, -0.25) is 9.59 Å². The lowest BCUT2D eigenvalue weighted by Crippen LogP contribution is -2.32. The number of hydrogen-bond donors (Lipinski definition) is 2. The van der Waals surface area contributed by atoms with Crippen LogP contribution in [-0.2, 0) is 4.79 Å². The summed E-state index contributed by atoms with van der Waals surface area (Å²) in [5, 5.41) is 8.49. The number of nitrogens with zero attached hydrogens (tertiary/aromatic N) is 1. The van der Waals surface area contributed by atoms with Crippen LogP contribution in [0, 0.1) is 6.92 Å². The molecule has 0 atom stereocenters. The van der Waals surface area contributed by atoms with Gasteiger partial charge in [-0.25, -0.2) is 0 Å². The van der Waals surface area contributed by atoms with Gasteiger partial charge in [0.05, 0.1) is 6.54 Å². The van der Waals surface area contributed by atoms with Crippen LogP contribution in [0.2, 0.25) is 0 Å². The SMILES string of the molecule is Cc1cc(NC(=O)CNC(=O)c2ccc(Br)o2)no1. The molecule has 2 heterocycles. The highest BCUT2D eigenvalue weighted by atomic mass is 79.9. The lowest BCUT2D eigenvalue weighted by Gasteiger charge is -2.02. The molecule has 0 aromatic carbocycles. The maximum atomic E-state index is 11.6. The quantitative estimate of drug-likeness (QED) is 0.890. The Morgan fingerprint density at radius 1 is 1.42 bits per heavy atom. The molecular weight excluding hydrogens is 318 g/mol. The van der Waals surface area contributed by atoms with Crippen molar-refractivity contribution in [3.63, 3.8) is 0 Å². The van der Waals surface area contributed by atoms with Gasteiger partial charge in [0.1, 0.15) is 5.76 Å². The van der Waals surface area contributed by atoms with Crippen LogP contribution in [0.3, 0.4) is 0 Å². The minimum Gasteiger partial charge on any atom is -0.444 e. The molecule has 2 amide bonds. The number of aromatic nitrogens is 1. The van der Waals surface area contributed by atoms with Gasteiger partial charge in [-0.1, -0.05) is 5.16 Å². The predicted octanol–water partition coefficient (Wildman–Crippen LogP) is 1.71. The monoisotopic (exact) mass is 327 g/mol. The Bertz CT molecular complexity index is 605. The third-order valence-electron chi connectivity index (χ3n) is 2.10. The van der Waals surface area contributed by atoms with Crippen LogP contribution >= 0.6 is 15.9 Å². The largest absolute Gasteiger partial charge is 0.444 e. The van der Waals surface area contributed by atoms with Gasteiger partial charge >= 0.3 is 0 Å². The summed E-state index contributed by atoms with van der Waals surface area (Å²) in [5.41, 5.74) is 0. The highest BCUT2D eigenvalue weighted by Crippen LogP contribution is 2.13. The second-order valence-electron chi connectivity index (χ2n) is 3.66. The van der Waals surface area contributed by atoms with Crippen molar-refractivity contribution in [2.24, 2.45) is 0 Å². The Kier molecular flexibility index (Phi) is 4.00. The first kappa shape index (κ1) is 13.3. The lowest BCUT2D eigenvalue weighted by molar-refractivity contribution is -0.115. The second-order valence-corrected chi connectivity index (χ2v) is 4.44. The molecule has 0 saturated heterocycles. The summed E-state index contributed by atoms with van der Waals surface area (Å²) in [5.74, 6) is 0.124. The molecule has 7 nitrogen and oxygen atoms in total. The van der Waals surface area contributed by atoms with Gasteiger partial charge in [0.15, 0.2) is 16.2 Å². The minimum atomic E-state index is -0.475. The van der Waals surface area contributed by atoms with E-state index < -0.39 is 11.8 Å². The number of furan rings is 1. The number of amides is 2. The third-order valence-corrected chi connectivity index (χ3v) is 2.53. The van der Waals surface area contributed by atoms with E-state index in [9.17, 15) is 9.59 Å². The van der Waals surface area contributed by atoms with Crippen LogP contribution in [0.25, 0.3) is 0 Å². The molecule has 19 heavy (non-hydrogen) atoms. The molecular formula is C11H10BrN3O4. The van der Waals surface area contributed by atoms with Gasteiger partial charge in [0, 0.05) is 6.07 Å². The van der Waals surface area contributed by atoms with Crippen molar-refractivity contribution in [3.05, 3.63) is 34.4 Å². The number of carbonyl (C=O) groups excluding carboxylic acids is 2. The number of halogens is 1. The number of rotatable bonds is 4.